The van der Waals surface area contributed by atoms with Gasteiger partial charge in [0.05, 0.1) is 12.7 Å². The Hall–Kier alpha value is -2.23. The molecule has 98 valence electrons. The van der Waals surface area contributed by atoms with E-state index in [4.69, 9.17) is 0 Å². The van der Waals surface area contributed by atoms with Crippen molar-refractivity contribution in [1.29, 1.82) is 0 Å². The van der Waals surface area contributed by atoms with E-state index in [1.165, 1.54) is 25.3 Å². The molecule has 0 saturated carbocycles. The van der Waals surface area contributed by atoms with Gasteiger partial charge in [0.15, 0.2) is 0 Å². The largest absolute Gasteiger partial charge is 0.465 e. The zero-order valence-corrected chi connectivity index (χ0v) is 10.5. The van der Waals surface area contributed by atoms with Gasteiger partial charge in [-0.15, -0.1) is 0 Å². The first-order valence-electron chi connectivity index (χ1n) is 5.67. The molecule has 0 aliphatic heterocycles. The average Bonchev–Trinajstić information content (AvgIpc) is 2.40. The van der Waals surface area contributed by atoms with E-state index in [-0.39, 0.29) is 11.4 Å². The molecule has 0 atom stereocenters. The third-order valence-electron chi connectivity index (χ3n) is 2.90. The molecule has 19 heavy (non-hydrogen) atoms. The van der Waals surface area contributed by atoms with Gasteiger partial charge in [-0.1, -0.05) is 12.1 Å². The number of benzene rings is 2. The van der Waals surface area contributed by atoms with Crippen LogP contribution in [0, 0.1) is 18.6 Å². The second-order valence-electron chi connectivity index (χ2n) is 4.13. The normalized spacial score (nSPS) is 10.3. The summed E-state index contributed by atoms with van der Waals surface area (Å²) in [5, 5.41) is 0. The van der Waals surface area contributed by atoms with Crippen LogP contribution in [0.1, 0.15) is 15.9 Å². The Morgan fingerprint density at radius 2 is 1.89 bits per heavy atom. The van der Waals surface area contributed by atoms with E-state index in [0.29, 0.717) is 16.7 Å². The van der Waals surface area contributed by atoms with Gasteiger partial charge in [-0.25, -0.2) is 13.6 Å². The number of ether oxygens (including phenoxy) is 1. The van der Waals surface area contributed by atoms with E-state index < -0.39 is 11.8 Å². The Balaban J connectivity index is 2.59. The van der Waals surface area contributed by atoms with Crippen molar-refractivity contribution in [2.75, 3.05) is 7.11 Å². The maximum atomic E-state index is 13.5. The number of carbonyl (C=O) groups excluding carboxylic acids is 1. The fraction of sp³-hybridized carbons (Fsp3) is 0.133. The van der Waals surface area contributed by atoms with Crippen molar-refractivity contribution < 1.29 is 18.3 Å². The highest BCUT2D eigenvalue weighted by molar-refractivity contribution is 5.91. The Morgan fingerprint density at radius 3 is 2.58 bits per heavy atom. The number of methoxy groups -OCH3 is 1. The minimum atomic E-state index is -0.630. The maximum Gasteiger partial charge on any atom is 0.337 e. The highest BCUT2D eigenvalue weighted by Crippen LogP contribution is 2.27. The summed E-state index contributed by atoms with van der Waals surface area (Å²) in [6, 6.07) is 8.38. The Morgan fingerprint density at radius 1 is 1.16 bits per heavy atom. The van der Waals surface area contributed by atoms with Crippen LogP contribution in [-0.2, 0) is 4.74 Å². The van der Waals surface area contributed by atoms with Gasteiger partial charge >= 0.3 is 5.97 Å². The number of hydrogen-bond acceptors (Lipinski definition) is 2. The van der Waals surface area contributed by atoms with E-state index in [1.54, 1.807) is 19.1 Å². The van der Waals surface area contributed by atoms with Crippen molar-refractivity contribution in [1.82, 2.24) is 0 Å². The average molecular weight is 262 g/mol. The predicted molar refractivity (Wildman–Crippen MR) is 67.9 cm³/mol. The fourth-order valence-corrected chi connectivity index (χ4v) is 1.90. The van der Waals surface area contributed by atoms with Gasteiger partial charge in [0.25, 0.3) is 0 Å². The highest BCUT2D eigenvalue weighted by Gasteiger charge is 2.12. The van der Waals surface area contributed by atoms with Gasteiger partial charge < -0.3 is 4.74 Å². The molecule has 2 nitrogen and oxygen atoms in total. The van der Waals surface area contributed by atoms with Crippen molar-refractivity contribution >= 4 is 5.97 Å². The predicted octanol–water partition coefficient (Wildman–Crippen LogP) is 3.73. The molecule has 0 heterocycles. The maximum absolute atomic E-state index is 13.5. The first-order valence-corrected chi connectivity index (χ1v) is 5.67. The van der Waals surface area contributed by atoms with Crippen LogP contribution in [0.5, 0.6) is 0 Å². The van der Waals surface area contributed by atoms with Crippen molar-refractivity contribution in [3.8, 4) is 11.1 Å². The number of carbonyl (C=O) groups is 1. The lowest BCUT2D eigenvalue weighted by Gasteiger charge is -2.09. The molecule has 0 saturated heterocycles. The molecule has 2 rings (SSSR count). The van der Waals surface area contributed by atoms with Crippen molar-refractivity contribution in [3.63, 3.8) is 0 Å². The molecule has 2 aromatic rings. The molecule has 0 aromatic heterocycles. The summed E-state index contributed by atoms with van der Waals surface area (Å²) in [6.45, 7) is 1.60. The molecular weight excluding hydrogens is 250 g/mol. The lowest BCUT2D eigenvalue weighted by molar-refractivity contribution is 0.0600. The van der Waals surface area contributed by atoms with E-state index in [0.717, 1.165) is 6.07 Å². The molecule has 0 N–H and O–H groups in total. The Kier molecular flexibility index (Phi) is 3.60. The van der Waals surface area contributed by atoms with Crippen LogP contribution in [0.3, 0.4) is 0 Å². The van der Waals surface area contributed by atoms with E-state index in [2.05, 4.69) is 4.74 Å². The third kappa shape index (κ3) is 2.62. The third-order valence-corrected chi connectivity index (χ3v) is 2.90. The standard InChI is InChI=1S/C15H12F2O2/c1-9-13(4-3-5-14(9)17)10-6-11(15(18)19-2)8-12(16)7-10/h3-8H,1-2H3. The van der Waals surface area contributed by atoms with Gasteiger partial charge in [0.2, 0.25) is 0 Å². The summed E-state index contributed by atoms with van der Waals surface area (Å²) in [4.78, 5) is 11.4. The lowest BCUT2D eigenvalue weighted by Crippen LogP contribution is -2.02. The number of rotatable bonds is 2. The van der Waals surface area contributed by atoms with E-state index in [9.17, 15) is 13.6 Å². The van der Waals surface area contributed by atoms with Crippen LogP contribution in [0.25, 0.3) is 11.1 Å². The molecule has 0 fully saturated rings. The molecule has 0 amide bonds. The van der Waals surface area contributed by atoms with Gasteiger partial charge in [-0.05, 0) is 47.9 Å². The van der Waals surface area contributed by atoms with Gasteiger partial charge in [-0.2, -0.15) is 0 Å². The second kappa shape index (κ2) is 5.18. The molecule has 0 aliphatic carbocycles. The van der Waals surface area contributed by atoms with Crippen molar-refractivity contribution in [2.45, 2.75) is 6.92 Å². The summed E-state index contributed by atoms with van der Waals surface area (Å²) in [5.74, 6) is -1.57. The quantitative estimate of drug-likeness (QED) is 0.771. The van der Waals surface area contributed by atoms with Crippen LogP contribution >= 0.6 is 0 Å². The Labute approximate surface area is 109 Å². The van der Waals surface area contributed by atoms with Crippen LogP contribution < -0.4 is 0 Å². The summed E-state index contributed by atoms with van der Waals surface area (Å²) in [6.07, 6.45) is 0. The van der Waals surface area contributed by atoms with E-state index in [1.807, 2.05) is 0 Å². The summed E-state index contributed by atoms with van der Waals surface area (Å²) < 4.78 is 31.6. The van der Waals surface area contributed by atoms with Crippen molar-refractivity contribution in [3.05, 3.63) is 59.2 Å². The molecule has 0 bridgehead atoms. The van der Waals surface area contributed by atoms with Crippen LogP contribution in [0.2, 0.25) is 0 Å². The fourth-order valence-electron chi connectivity index (χ4n) is 1.90. The van der Waals surface area contributed by atoms with Gasteiger partial charge in [0, 0.05) is 0 Å². The molecular formula is C15H12F2O2. The van der Waals surface area contributed by atoms with Crippen LogP contribution in [0.4, 0.5) is 8.78 Å². The smallest absolute Gasteiger partial charge is 0.337 e. The minimum absolute atomic E-state index is 0.0983. The molecule has 0 aliphatic rings. The summed E-state index contributed by atoms with van der Waals surface area (Å²) >= 11 is 0. The number of halogens is 2. The SMILES string of the molecule is COC(=O)c1cc(F)cc(-c2cccc(F)c2C)c1. The zero-order valence-electron chi connectivity index (χ0n) is 10.5. The van der Waals surface area contributed by atoms with Gasteiger partial charge in [-0.3, -0.25) is 0 Å². The monoisotopic (exact) mass is 262 g/mol. The molecule has 0 spiro atoms. The highest BCUT2D eigenvalue weighted by atomic mass is 19.1. The van der Waals surface area contributed by atoms with Crippen LogP contribution in [-0.4, -0.2) is 13.1 Å². The van der Waals surface area contributed by atoms with Gasteiger partial charge in [0.1, 0.15) is 11.6 Å². The first-order chi connectivity index (χ1) is 9.02. The molecule has 0 radical (unpaired) electrons. The molecule has 4 heteroatoms. The minimum Gasteiger partial charge on any atom is -0.465 e. The first kappa shape index (κ1) is 13.2. The zero-order chi connectivity index (χ0) is 14.0. The lowest BCUT2D eigenvalue weighted by atomic mass is 9.98. The van der Waals surface area contributed by atoms with Crippen molar-refractivity contribution in [2.24, 2.45) is 0 Å². The summed E-state index contributed by atoms with van der Waals surface area (Å²) in [5.41, 5.74) is 1.49. The summed E-state index contributed by atoms with van der Waals surface area (Å²) in [7, 11) is 1.22. The topological polar surface area (TPSA) is 26.3 Å². The number of esters is 1. The Bertz CT molecular complexity index is 636. The molecule has 0 unspecified atom stereocenters. The number of hydrogen-bond donors (Lipinski definition) is 0. The molecule has 2 aromatic carbocycles. The van der Waals surface area contributed by atoms with Crippen LogP contribution in [0.15, 0.2) is 36.4 Å². The van der Waals surface area contributed by atoms with E-state index >= 15 is 0 Å². The second-order valence-corrected chi connectivity index (χ2v) is 4.13.